The van der Waals surface area contributed by atoms with Gasteiger partial charge in [-0.2, -0.15) is 0 Å². The summed E-state index contributed by atoms with van der Waals surface area (Å²) in [5.41, 5.74) is 3.30. The van der Waals surface area contributed by atoms with Crippen LogP contribution in [0.25, 0.3) is 0 Å². The van der Waals surface area contributed by atoms with E-state index in [1.807, 2.05) is 83.4 Å². The third-order valence-electron chi connectivity index (χ3n) is 7.17. The fourth-order valence-corrected chi connectivity index (χ4v) is 4.87. The molecule has 11 nitrogen and oxygen atoms in total. The molecule has 45 heavy (non-hydrogen) atoms. The summed E-state index contributed by atoms with van der Waals surface area (Å²) in [7, 11) is 5.33. The summed E-state index contributed by atoms with van der Waals surface area (Å²) >= 11 is 0. The van der Waals surface area contributed by atoms with Crippen LogP contribution in [0, 0.1) is 6.92 Å². The largest absolute Gasteiger partial charge is 0.508 e. The first-order chi connectivity index (χ1) is 21.6. The SMILES string of the molecule is C=CCN1CCN(CC=O)C(CN(C)Cc2cccc(C(=O)N(C)C)n2)N1C(=O)NCc1ccccc1.Cc1ccc(O)cc1. The van der Waals surface area contributed by atoms with E-state index in [0.717, 1.165) is 17.5 Å². The highest BCUT2D eigenvalue weighted by Crippen LogP contribution is 2.19. The van der Waals surface area contributed by atoms with E-state index in [-0.39, 0.29) is 24.6 Å². The van der Waals surface area contributed by atoms with Crippen LogP contribution in [0.1, 0.15) is 27.3 Å². The van der Waals surface area contributed by atoms with Gasteiger partial charge in [-0.15, -0.1) is 6.58 Å². The number of aldehydes is 1. The number of pyridine rings is 1. The second-order valence-electron chi connectivity index (χ2n) is 11.1. The highest BCUT2D eigenvalue weighted by molar-refractivity contribution is 5.91. The van der Waals surface area contributed by atoms with Gasteiger partial charge in [0, 0.05) is 53.4 Å². The molecule has 1 aliphatic rings. The number of rotatable bonds is 11. The van der Waals surface area contributed by atoms with Crippen LogP contribution in [-0.2, 0) is 17.9 Å². The molecule has 0 bridgehead atoms. The molecular formula is C34H45N7O4. The minimum atomic E-state index is -0.383. The molecule has 11 heteroatoms. The van der Waals surface area contributed by atoms with Crippen LogP contribution in [0.15, 0.2) is 85.5 Å². The first kappa shape index (κ1) is 34.9. The van der Waals surface area contributed by atoms with E-state index in [0.29, 0.717) is 50.7 Å². The molecule has 3 amide bonds. The Labute approximate surface area is 266 Å². The molecule has 240 valence electrons. The lowest BCUT2D eigenvalue weighted by atomic mass is 10.2. The number of hydrogen-bond acceptors (Lipinski definition) is 8. The second-order valence-corrected chi connectivity index (χ2v) is 11.1. The predicted octanol–water partition coefficient (Wildman–Crippen LogP) is 3.37. The molecule has 2 heterocycles. The molecule has 0 aliphatic carbocycles. The van der Waals surface area contributed by atoms with Gasteiger partial charge in [0.2, 0.25) is 0 Å². The third kappa shape index (κ3) is 10.8. The van der Waals surface area contributed by atoms with E-state index in [1.54, 1.807) is 43.4 Å². The molecule has 0 saturated carbocycles. The maximum atomic E-state index is 13.5. The van der Waals surface area contributed by atoms with Gasteiger partial charge in [0.15, 0.2) is 0 Å². The van der Waals surface area contributed by atoms with Crippen molar-refractivity contribution in [2.45, 2.75) is 26.2 Å². The summed E-state index contributed by atoms with van der Waals surface area (Å²) in [6.45, 7) is 9.12. The molecule has 1 fully saturated rings. The highest BCUT2D eigenvalue weighted by atomic mass is 16.3. The molecule has 1 aromatic heterocycles. The van der Waals surface area contributed by atoms with E-state index in [9.17, 15) is 14.4 Å². The molecule has 0 spiro atoms. The Hall–Kier alpha value is -4.58. The van der Waals surface area contributed by atoms with Crippen LogP contribution in [0.5, 0.6) is 5.75 Å². The Morgan fingerprint density at radius 2 is 1.71 bits per heavy atom. The standard InChI is InChI=1S/C27H37N7O3.C7H8O/c1-5-14-33-16-15-32(17-18-35)25(34(33)27(37)28-19-22-10-7-6-8-11-22)21-31(4)20-23-12-9-13-24(29-23)26(36)30(2)3;1-6-2-4-7(8)5-3-6/h5-13,18,25H,1,14-17,19-21H2,2-4H3,(H,28,37);2-5,8H,1H3. The topological polar surface area (TPSA) is 113 Å². The fraction of sp³-hybridized carbons (Fsp3) is 0.353. The minimum Gasteiger partial charge on any atom is -0.508 e. The number of amides is 3. The number of aryl methyl sites for hydroxylation is 1. The summed E-state index contributed by atoms with van der Waals surface area (Å²) < 4.78 is 0. The number of nitrogens with one attached hydrogen (secondary N) is 1. The number of aromatic hydroxyl groups is 1. The number of phenols is 1. The van der Waals surface area contributed by atoms with Crippen molar-refractivity contribution < 1.29 is 19.5 Å². The normalized spacial score (nSPS) is 15.1. The van der Waals surface area contributed by atoms with Crippen LogP contribution in [0.2, 0.25) is 0 Å². The smallest absolute Gasteiger partial charge is 0.333 e. The lowest BCUT2D eigenvalue weighted by molar-refractivity contribution is -0.130. The van der Waals surface area contributed by atoms with E-state index in [1.165, 1.54) is 10.5 Å². The van der Waals surface area contributed by atoms with E-state index < -0.39 is 0 Å². The van der Waals surface area contributed by atoms with Gasteiger partial charge in [-0.1, -0.05) is 60.2 Å². The average Bonchev–Trinajstić information content (AvgIpc) is 3.03. The third-order valence-corrected chi connectivity index (χ3v) is 7.17. The van der Waals surface area contributed by atoms with Gasteiger partial charge in [-0.25, -0.2) is 19.8 Å². The van der Waals surface area contributed by atoms with Gasteiger partial charge in [-0.05, 0) is 43.8 Å². The Kier molecular flexibility index (Phi) is 13.7. The van der Waals surface area contributed by atoms with Crippen LogP contribution in [0.4, 0.5) is 4.79 Å². The Balaban J connectivity index is 0.000000598. The number of carbonyl (C=O) groups excluding carboxylic acids is 3. The summed E-state index contributed by atoms with van der Waals surface area (Å²) in [5.74, 6) is 0.172. The number of carbonyl (C=O) groups is 3. The van der Waals surface area contributed by atoms with Crippen LogP contribution in [-0.4, -0.2) is 113 Å². The lowest BCUT2D eigenvalue weighted by Gasteiger charge is -2.49. The van der Waals surface area contributed by atoms with Crippen molar-refractivity contribution in [2.75, 3.05) is 53.9 Å². The van der Waals surface area contributed by atoms with Crippen molar-refractivity contribution in [3.63, 3.8) is 0 Å². The molecular weight excluding hydrogens is 570 g/mol. The Morgan fingerprint density at radius 1 is 1.00 bits per heavy atom. The zero-order chi connectivity index (χ0) is 32.8. The van der Waals surface area contributed by atoms with E-state index in [2.05, 4.69) is 16.9 Å². The maximum absolute atomic E-state index is 13.5. The van der Waals surface area contributed by atoms with Gasteiger partial charge in [0.25, 0.3) is 5.91 Å². The van der Waals surface area contributed by atoms with Crippen molar-refractivity contribution >= 4 is 18.2 Å². The van der Waals surface area contributed by atoms with Crippen molar-refractivity contribution in [3.05, 3.63) is 108 Å². The van der Waals surface area contributed by atoms with Gasteiger partial charge in [0.05, 0.1) is 12.2 Å². The lowest BCUT2D eigenvalue weighted by Crippen LogP contribution is -2.68. The zero-order valence-corrected chi connectivity index (χ0v) is 26.7. The number of aromatic nitrogens is 1. The van der Waals surface area contributed by atoms with E-state index >= 15 is 0 Å². The fourth-order valence-electron chi connectivity index (χ4n) is 4.87. The number of likely N-dealkylation sites (N-methyl/N-ethyl adjacent to an activating group) is 1. The number of hydrazine groups is 1. The first-order valence-corrected chi connectivity index (χ1v) is 14.9. The van der Waals surface area contributed by atoms with Gasteiger partial charge >= 0.3 is 6.03 Å². The predicted molar refractivity (Wildman–Crippen MR) is 175 cm³/mol. The molecule has 2 aromatic carbocycles. The number of benzene rings is 2. The second kappa shape index (κ2) is 17.6. The van der Waals surface area contributed by atoms with Gasteiger partial charge in [-0.3, -0.25) is 14.6 Å². The molecule has 1 aliphatic heterocycles. The Morgan fingerprint density at radius 3 is 2.33 bits per heavy atom. The first-order valence-electron chi connectivity index (χ1n) is 14.9. The molecule has 1 unspecified atom stereocenters. The van der Waals surface area contributed by atoms with Crippen molar-refractivity contribution in [3.8, 4) is 5.75 Å². The monoisotopic (exact) mass is 615 g/mol. The average molecular weight is 616 g/mol. The van der Waals surface area contributed by atoms with Crippen molar-refractivity contribution in [1.29, 1.82) is 0 Å². The summed E-state index contributed by atoms with van der Waals surface area (Å²) in [4.78, 5) is 47.4. The molecule has 4 rings (SSSR count). The minimum absolute atomic E-state index is 0.157. The van der Waals surface area contributed by atoms with Crippen LogP contribution < -0.4 is 5.32 Å². The van der Waals surface area contributed by atoms with Crippen molar-refractivity contribution in [1.82, 2.24) is 35.0 Å². The molecule has 1 atom stereocenters. The molecule has 2 N–H and O–H groups in total. The summed E-state index contributed by atoms with van der Waals surface area (Å²) in [6, 6.07) is 22.0. The number of phenolic OH excluding ortho intramolecular Hbond substituents is 1. The molecule has 0 radical (unpaired) electrons. The maximum Gasteiger partial charge on any atom is 0.333 e. The zero-order valence-electron chi connectivity index (χ0n) is 26.7. The Bertz CT molecular complexity index is 1360. The van der Waals surface area contributed by atoms with Gasteiger partial charge < -0.3 is 20.1 Å². The molecule has 1 saturated heterocycles. The van der Waals surface area contributed by atoms with Crippen LogP contribution in [0.3, 0.4) is 0 Å². The number of nitrogens with zero attached hydrogens (tertiary/aromatic N) is 6. The van der Waals surface area contributed by atoms with Crippen LogP contribution >= 0.6 is 0 Å². The quantitative estimate of drug-likeness (QED) is 0.250. The number of hydrogen-bond donors (Lipinski definition) is 2. The van der Waals surface area contributed by atoms with Gasteiger partial charge in [0.1, 0.15) is 23.9 Å². The van der Waals surface area contributed by atoms with E-state index in [4.69, 9.17) is 5.11 Å². The summed E-state index contributed by atoms with van der Waals surface area (Å²) in [5, 5.41) is 15.4. The van der Waals surface area contributed by atoms with Crippen molar-refractivity contribution in [2.24, 2.45) is 0 Å². The summed E-state index contributed by atoms with van der Waals surface area (Å²) in [6.07, 6.45) is 2.25. The number of urea groups is 1. The highest BCUT2D eigenvalue weighted by Gasteiger charge is 2.37. The molecule has 3 aromatic rings.